The Morgan fingerprint density at radius 2 is 2.17 bits per heavy atom. The average Bonchev–Trinajstić information content (AvgIpc) is 3.34. The minimum atomic E-state index is -3.09. The highest BCUT2D eigenvalue weighted by Crippen LogP contribution is 2.31. The number of nitrogens with zero attached hydrogens (tertiary/aromatic N) is 2. The van der Waals surface area contributed by atoms with Crippen LogP contribution in [0.3, 0.4) is 0 Å². The maximum Gasteiger partial charge on any atom is 0.348 e. The van der Waals surface area contributed by atoms with E-state index in [1.54, 1.807) is 22.9 Å². The number of sulfone groups is 1. The summed E-state index contributed by atoms with van der Waals surface area (Å²) < 4.78 is 29.7. The highest BCUT2D eigenvalue weighted by Gasteiger charge is 2.29. The SMILES string of the molecule is Cc1nn(-c2cccc(Cl)c2)c2sc(C(=O)OCC(=O)NC3CCS(=O)(=O)C3)cc12. The molecule has 11 heteroatoms. The van der Waals surface area contributed by atoms with E-state index < -0.39 is 34.4 Å². The first-order valence-electron chi connectivity index (χ1n) is 9.14. The van der Waals surface area contributed by atoms with E-state index in [4.69, 9.17) is 16.3 Å². The van der Waals surface area contributed by atoms with Gasteiger partial charge in [0.25, 0.3) is 5.91 Å². The van der Waals surface area contributed by atoms with E-state index in [1.165, 1.54) is 11.3 Å². The van der Waals surface area contributed by atoms with E-state index in [9.17, 15) is 18.0 Å². The Morgan fingerprint density at radius 1 is 1.37 bits per heavy atom. The van der Waals surface area contributed by atoms with Crippen LogP contribution in [0.1, 0.15) is 21.8 Å². The van der Waals surface area contributed by atoms with Crippen LogP contribution in [0.4, 0.5) is 0 Å². The summed E-state index contributed by atoms with van der Waals surface area (Å²) in [6.07, 6.45) is 0.373. The fourth-order valence-corrected chi connectivity index (χ4v) is 6.25. The Balaban J connectivity index is 1.45. The van der Waals surface area contributed by atoms with Crippen LogP contribution in [0.5, 0.6) is 0 Å². The summed E-state index contributed by atoms with van der Waals surface area (Å²) in [5.74, 6) is -1.17. The molecule has 1 unspecified atom stereocenters. The number of hydrogen-bond donors (Lipinski definition) is 1. The zero-order valence-electron chi connectivity index (χ0n) is 15.9. The summed E-state index contributed by atoms with van der Waals surface area (Å²) in [5, 5.41) is 8.48. The number of benzene rings is 1. The third kappa shape index (κ3) is 4.35. The van der Waals surface area contributed by atoms with Crippen LogP contribution < -0.4 is 5.32 Å². The molecule has 30 heavy (non-hydrogen) atoms. The lowest BCUT2D eigenvalue weighted by atomic mass is 10.2. The van der Waals surface area contributed by atoms with Gasteiger partial charge in [-0.1, -0.05) is 17.7 Å². The first kappa shape index (κ1) is 20.8. The molecule has 3 aromatic rings. The number of hydrogen-bond acceptors (Lipinski definition) is 7. The smallest absolute Gasteiger partial charge is 0.348 e. The molecule has 158 valence electrons. The molecule has 8 nitrogen and oxygen atoms in total. The fourth-order valence-electron chi connectivity index (χ4n) is 3.31. The predicted octanol–water partition coefficient (Wildman–Crippen LogP) is 2.51. The molecule has 4 rings (SSSR count). The third-order valence-corrected chi connectivity index (χ3v) is 7.82. The molecule has 1 amide bonds. The molecule has 0 spiro atoms. The maximum atomic E-state index is 12.4. The molecule has 1 aliphatic heterocycles. The molecule has 1 N–H and O–H groups in total. The second kappa shape index (κ2) is 8.01. The number of halogens is 1. The largest absolute Gasteiger partial charge is 0.451 e. The van der Waals surface area contributed by atoms with Crippen LogP contribution >= 0.6 is 22.9 Å². The summed E-state index contributed by atoms with van der Waals surface area (Å²) in [6.45, 7) is 1.37. The fraction of sp³-hybridized carbons (Fsp3) is 0.316. The lowest BCUT2D eigenvalue weighted by Gasteiger charge is -2.10. The summed E-state index contributed by atoms with van der Waals surface area (Å²) in [7, 11) is -3.09. The van der Waals surface area contributed by atoms with E-state index in [-0.39, 0.29) is 11.5 Å². The van der Waals surface area contributed by atoms with Gasteiger partial charge in [-0.3, -0.25) is 4.79 Å². The topological polar surface area (TPSA) is 107 Å². The van der Waals surface area contributed by atoms with Gasteiger partial charge < -0.3 is 10.1 Å². The number of thiophene rings is 1. The van der Waals surface area contributed by atoms with Gasteiger partial charge in [-0.05, 0) is 37.6 Å². The van der Waals surface area contributed by atoms with E-state index in [0.717, 1.165) is 21.6 Å². The van der Waals surface area contributed by atoms with E-state index in [0.29, 0.717) is 16.3 Å². The number of carbonyl (C=O) groups is 2. The molecule has 0 radical (unpaired) electrons. The molecule has 1 aromatic carbocycles. The molecule has 0 bridgehead atoms. The van der Waals surface area contributed by atoms with Crippen LogP contribution in [0.25, 0.3) is 15.9 Å². The van der Waals surface area contributed by atoms with Gasteiger partial charge in [-0.25, -0.2) is 17.9 Å². The van der Waals surface area contributed by atoms with E-state index in [2.05, 4.69) is 10.4 Å². The Labute approximate surface area is 181 Å². The molecule has 2 aromatic heterocycles. The molecule has 1 atom stereocenters. The molecule has 0 saturated carbocycles. The van der Waals surface area contributed by atoms with E-state index in [1.807, 2.05) is 19.1 Å². The van der Waals surface area contributed by atoms with Crippen molar-refractivity contribution >= 4 is 54.9 Å². The molecule has 1 saturated heterocycles. The predicted molar refractivity (Wildman–Crippen MR) is 114 cm³/mol. The van der Waals surface area contributed by atoms with Gasteiger partial charge in [0.1, 0.15) is 9.71 Å². The zero-order chi connectivity index (χ0) is 21.5. The van der Waals surface area contributed by atoms with Crippen molar-refractivity contribution in [2.45, 2.75) is 19.4 Å². The van der Waals surface area contributed by atoms with Crippen molar-refractivity contribution in [2.75, 3.05) is 18.1 Å². The number of esters is 1. The van der Waals surface area contributed by atoms with Crippen LogP contribution in [-0.2, 0) is 19.4 Å². The number of fused-ring (bicyclic) bond motifs is 1. The minimum absolute atomic E-state index is 0.0580. The Bertz CT molecular complexity index is 1250. The van der Waals surface area contributed by atoms with Crippen molar-refractivity contribution in [1.29, 1.82) is 0 Å². The van der Waals surface area contributed by atoms with Gasteiger partial charge in [-0.2, -0.15) is 5.10 Å². The quantitative estimate of drug-likeness (QED) is 0.578. The van der Waals surface area contributed by atoms with Gasteiger partial charge in [0.15, 0.2) is 16.4 Å². The van der Waals surface area contributed by atoms with Crippen molar-refractivity contribution in [1.82, 2.24) is 15.1 Å². The summed E-state index contributed by atoms with van der Waals surface area (Å²) in [5.41, 5.74) is 1.52. The number of ether oxygens (including phenoxy) is 1. The minimum Gasteiger partial charge on any atom is -0.451 e. The summed E-state index contributed by atoms with van der Waals surface area (Å²) in [4.78, 5) is 25.5. The third-order valence-electron chi connectivity index (χ3n) is 4.73. The highest BCUT2D eigenvalue weighted by molar-refractivity contribution is 7.91. The molecular formula is C19H18ClN3O5S2. The van der Waals surface area contributed by atoms with Gasteiger partial charge in [-0.15, -0.1) is 11.3 Å². The van der Waals surface area contributed by atoms with Crippen LogP contribution in [0.2, 0.25) is 5.02 Å². The standard InChI is InChI=1S/C19H18ClN3O5S2/c1-11-15-8-16(29-18(15)23(22-11)14-4-2-3-12(20)7-14)19(25)28-9-17(24)21-13-5-6-30(26,27)10-13/h2-4,7-8,13H,5-6,9-10H2,1H3,(H,21,24). The number of aromatic nitrogens is 2. The lowest BCUT2D eigenvalue weighted by Crippen LogP contribution is -2.38. The van der Waals surface area contributed by atoms with Crippen LogP contribution in [0, 0.1) is 6.92 Å². The van der Waals surface area contributed by atoms with Crippen LogP contribution in [0.15, 0.2) is 30.3 Å². The van der Waals surface area contributed by atoms with Crippen molar-refractivity contribution < 1.29 is 22.7 Å². The number of amides is 1. The normalized spacial score (nSPS) is 17.9. The molecule has 0 aliphatic carbocycles. The van der Waals surface area contributed by atoms with E-state index >= 15 is 0 Å². The van der Waals surface area contributed by atoms with Crippen molar-refractivity contribution in [2.24, 2.45) is 0 Å². The Hall–Kier alpha value is -2.43. The monoisotopic (exact) mass is 467 g/mol. The van der Waals surface area contributed by atoms with Gasteiger partial charge in [0, 0.05) is 16.5 Å². The Morgan fingerprint density at radius 3 is 2.87 bits per heavy atom. The first-order chi connectivity index (χ1) is 14.2. The number of nitrogens with one attached hydrogen (secondary N) is 1. The average molecular weight is 468 g/mol. The lowest BCUT2D eigenvalue weighted by molar-refractivity contribution is -0.124. The molecular weight excluding hydrogens is 450 g/mol. The Kier molecular flexibility index (Phi) is 5.56. The summed E-state index contributed by atoms with van der Waals surface area (Å²) >= 11 is 7.28. The van der Waals surface area contributed by atoms with Crippen molar-refractivity contribution in [3.63, 3.8) is 0 Å². The first-order valence-corrected chi connectivity index (χ1v) is 12.2. The second-order valence-electron chi connectivity index (χ2n) is 7.05. The van der Waals surface area contributed by atoms with Gasteiger partial charge >= 0.3 is 5.97 Å². The zero-order valence-corrected chi connectivity index (χ0v) is 18.3. The summed E-state index contributed by atoms with van der Waals surface area (Å²) in [6, 6.07) is 8.48. The molecule has 3 heterocycles. The highest BCUT2D eigenvalue weighted by atomic mass is 35.5. The maximum absolute atomic E-state index is 12.4. The number of rotatable bonds is 5. The molecule has 1 fully saturated rings. The number of carbonyl (C=O) groups excluding carboxylic acids is 2. The molecule has 1 aliphatic rings. The van der Waals surface area contributed by atoms with Crippen LogP contribution in [-0.4, -0.2) is 54.2 Å². The number of aryl methyl sites for hydroxylation is 1. The van der Waals surface area contributed by atoms with Gasteiger partial charge in [0.2, 0.25) is 0 Å². The van der Waals surface area contributed by atoms with Gasteiger partial charge in [0.05, 0.1) is 22.9 Å². The van der Waals surface area contributed by atoms with Crippen molar-refractivity contribution in [3.05, 3.63) is 45.9 Å². The second-order valence-corrected chi connectivity index (χ2v) is 10.7. The van der Waals surface area contributed by atoms with Crippen molar-refractivity contribution in [3.8, 4) is 5.69 Å².